The highest BCUT2D eigenvalue weighted by molar-refractivity contribution is 6.35. The van der Waals surface area contributed by atoms with Gasteiger partial charge in [-0.15, -0.1) is 0 Å². The number of aromatic nitrogens is 2. The van der Waals surface area contributed by atoms with Gasteiger partial charge in [0.25, 0.3) is 0 Å². The lowest BCUT2D eigenvalue weighted by molar-refractivity contribution is -0.255. The van der Waals surface area contributed by atoms with Crippen LogP contribution in [0.25, 0.3) is 16.9 Å². The Morgan fingerprint density at radius 1 is 1.21 bits per heavy atom. The molecule has 0 saturated heterocycles. The Morgan fingerprint density at radius 3 is 2.52 bits per heavy atom. The van der Waals surface area contributed by atoms with Crippen molar-refractivity contribution in [1.29, 1.82) is 0 Å². The first kappa shape index (κ1) is 21.1. The number of ether oxygens (including phenoxy) is 1. The maximum atomic E-state index is 12.2. The number of carboxylic acid groups (broad SMARTS) is 1. The van der Waals surface area contributed by atoms with Crippen LogP contribution in [0, 0.1) is 0 Å². The Morgan fingerprint density at radius 2 is 1.93 bits per heavy atom. The van der Waals surface area contributed by atoms with E-state index in [9.17, 15) is 19.4 Å². The van der Waals surface area contributed by atoms with Crippen LogP contribution >= 0.6 is 23.2 Å². The molecule has 152 valence electrons. The molecule has 0 radical (unpaired) electrons. The maximum absolute atomic E-state index is 12.2. The predicted molar refractivity (Wildman–Crippen MR) is 105 cm³/mol. The maximum Gasteiger partial charge on any atom is 0.119 e. The van der Waals surface area contributed by atoms with Gasteiger partial charge in [0.2, 0.25) is 0 Å². The molecule has 3 rings (SSSR count). The largest absolute Gasteiger partial charge is 0.543 e. The molecule has 1 heterocycles. The Hall–Kier alpha value is -2.61. The van der Waals surface area contributed by atoms with Crippen LogP contribution in [0.2, 0.25) is 10.0 Å². The van der Waals surface area contributed by atoms with Crippen molar-refractivity contribution in [2.75, 3.05) is 13.3 Å². The Bertz CT molecular complexity index is 1020. The molecular formula is C20H16Cl2FN2O4-. The van der Waals surface area contributed by atoms with Gasteiger partial charge in [-0.2, -0.15) is 5.10 Å². The summed E-state index contributed by atoms with van der Waals surface area (Å²) in [5, 5.41) is 26.1. The van der Waals surface area contributed by atoms with Gasteiger partial charge in [-0.05, 0) is 42.5 Å². The molecule has 6 nitrogen and oxygen atoms in total. The Kier molecular flexibility index (Phi) is 6.74. The van der Waals surface area contributed by atoms with E-state index in [1.807, 2.05) is 0 Å². The van der Waals surface area contributed by atoms with Crippen molar-refractivity contribution in [1.82, 2.24) is 9.78 Å². The number of halogens is 3. The van der Waals surface area contributed by atoms with E-state index in [0.717, 1.165) is 0 Å². The second-order valence-electron chi connectivity index (χ2n) is 6.04. The van der Waals surface area contributed by atoms with Crippen LogP contribution in [-0.2, 0) is 6.61 Å². The van der Waals surface area contributed by atoms with E-state index in [1.54, 1.807) is 36.4 Å². The zero-order valence-electron chi connectivity index (χ0n) is 15.1. The van der Waals surface area contributed by atoms with E-state index < -0.39 is 24.9 Å². The molecule has 0 fully saturated rings. The van der Waals surface area contributed by atoms with Gasteiger partial charge in [-0.3, -0.25) is 4.39 Å². The minimum Gasteiger partial charge on any atom is -0.543 e. The zero-order valence-corrected chi connectivity index (χ0v) is 16.6. The zero-order chi connectivity index (χ0) is 21.0. The van der Waals surface area contributed by atoms with Crippen molar-refractivity contribution in [3.05, 3.63) is 63.8 Å². The summed E-state index contributed by atoms with van der Waals surface area (Å²) in [6.07, 6.45) is 0.285. The molecular weight excluding hydrogens is 422 g/mol. The number of aliphatic hydroxyl groups is 1. The van der Waals surface area contributed by atoms with E-state index in [4.69, 9.17) is 27.9 Å². The summed E-state index contributed by atoms with van der Waals surface area (Å²) in [6.45, 7) is -0.797. The third-order valence-electron chi connectivity index (χ3n) is 4.15. The number of carbonyl (C=O) groups is 1. The van der Waals surface area contributed by atoms with Crippen molar-refractivity contribution in [3.63, 3.8) is 0 Å². The molecule has 0 atom stereocenters. The lowest BCUT2D eigenvalue weighted by Gasteiger charge is -2.12. The number of aromatic carboxylic acids is 1. The van der Waals surface area contributed by atoms with Gasteiger partial charge in [0.1, 0.15) is 11.4 Å². The van der Waals surface area contributed by atoms with Crippen LogP contribution in [0.1, 0.15) is 22.5 Å². The number of carboxylic acids is 1. The number of nitrogens with zero attached hydrogens (tertiary/aromatic N) is 2. The third kappa shape index (κ3) is 4.53. The highest BCUT2D eigenvalue weighted by atomic mass is 35.5. The molecule has 1 N–H and O–H groups in total. The highest BCUT2D eigenvalue weighted by Crippen LogP contribution is 2.33. The van der Waals surface area contributed by atoms with Gasteiger partial charge in [0, 0.05) is 22.6 Å². The summed E-state index contributed by atoms with van der Waals surface area (Å²) in [6, 6.07) is 11.4. The third-order valence-corrected chi connectivity index (χ3v) is 4.69. The quantitative estimate of drug-likeness (QED) is 0.545. The molecule has 0 spiro atoms. The van der Waals surface area contributed by atoms with Gasteiger partial charge in [-0.25, -0.2) is 4.68 Å². The van der Waals surface area contributed by atoms with Crippen LogP contribution in [0.4, 0.5) is 4.39 Å². The minimum atomic E-state index is -1.52. The van der Waals surface area contributed by atoms with Gasteiger partial charge in [-0.1, -0.05) is 23.2 Å². The topological polar surface area (TPSA) is 87.4 Å². The first-order valence-corrected chi connectivity index (χ1v) is 9.40. The molecule has 0 aliphatic rings. The Balaban J connectivity index is 2.12. The summed E-state index contributed by atoms with van der Waals surface area (Å²) in [5.41, 5.74) is 0.986. The van der Waals surface area contributed by atoms with E-state index in [2.05, 4.69) is 5.10 Å². The molecule has 29 heavy (non-hydrogen) atoms. The van der Waals surface area contributed by atoms with E-state index >= 15 is 0 Å². The summed E-state index contributed by atoms with van der Waals surface area (Å²) in [5.74, 6) is -0.992. The fraction of sp³-hybridized carbons (Fsp3) is 0.200. The standard InChI is InChI=1S/C20H17Cl2FN2O4/c21-13-4-7-17(16(22)10-13)25-19(15(11-26)18(24-25)20(27)28)12-2-5-14(6-3-12)29-9-1-8-23/h2-7,10,26H,1,8-9,11H2,(H,27,28)/p-1. The SMILES string of the molecule is O=C([O-])c1nn(-c2ccc(Cl)cc2Cl)c(-c2ccc(OCCCF)cc2)c1CO. The Labute approximate surface area is 176 Å². The van der Waals surface area contributed by atoms with Crippen molar-refractivity contribution in [3.8, 4) is 22.7 Å². The van der Waals surface area contributed by atoms with Crippen molar-refractivity contribution < 1.29 is 24.1 Å². The number of hydrogen-bond donors (Lipinski definition) is 1. The van der Waals surface area contributed by atoms with Gasteiger partial charge in [0.05, 0.1) is 42.3 Å². The molecule has 0 unspecified atom stereocenters. The van der Waals surface area contributed by atoms with Gasteiger partial charge < -0.3 is 19.7 Å². The second-order valence-corrected chi connectivity index (χ2v) is 6.89. The van der Waals surface area contributed by atoms with Crippen LogP contribution < -0.4 is 9.84 Å². The highest BCUT2D eigenvalue weighted by Gasteiger charge is 2.22. The van der Waals surface area contributed by atoms with E-state index in [-0.39, 0.29) is 23.6 Å². The average Bonchev–Trinajstić information content (AvgIpc) is 3.08. The molecule has 1 aromatic heterocycles. The molecule has 2 aromatic carbocycles. The number of rotatable bonds is 8. The predicted octanol–water partition coefficient (Wildman–Crippen LogP) is 3.44. The number of alkyl halides is 1. The normalized spacial score (nSPS) is 10.9. The first-order chi connectivity index (χ1) is 14.0. The lowest BCUT2D eigenvalue weighted by atomic mass is 10.1. The molecule has 0 saturated carbocycles. The van der Waals surface area contributed by atoms with E-state index in [0.29, 0.717) is 27.7 Å². The molecule has 0 aliphatic carbocycles. The van der Waals surface area contributed by atoms with Crippen molar-refractivity contribution >= 4 is 29.2 Å². The monoisotopic (exact) mass is 437 g/mol. The van der Waals surface area contributed by atoms with Crippen LogP contribution in [0.5, 0.6) is 5.75 Å². The molecule has 0 aliphatic heterocycles. The van der Waals surface area contributed by atoms with Crippen molar-refractivity contribution in [2.24, 2.45) is 0 Å². The molecule has 3 aromatic rings. The lowest BCUT2D eigenvalue weighted by Crippen LogP contribution is -2.24. The average molecular weight is 438 g/mol. The first-order valence-electron chi connectivity index (χ1n) is 8.65. The summed E-state index contributed by atoms with van der Waals surface area (Å²) < 4.78 is 19.0. The van der Waals surface area contributed by atoms with Crippen LogP contribution in [0.15, 0.2) is 42.5 Å². The number of aliphatic hydroxyl groups excluding tert-OH is 1. The van der Waals surface area contributed by atoms with Crippen molar-refractivity contribution in [2.45, 2.75) is 13.0 Å². The number of benzene rings is 2. The summed E-state index contributed by atoms with van der Waals surface area (Å²) in [7, 11) is 0. The number of hydrogen-bond acceptors (Lipinski definition) is 5. The smallest absolute Gasteiger partial charge is 0.119 e. The number of carbonyl (C=O) groups excluding carboxylic acids is 1. The molecule has 0 bridgehead atoms. The second kappa shape index (κ2) is 9.26. The minimum absolute atomic E-state index is 0.0853. The fourth-order valence-electron chi connectivity index (χ4n) is 2.84. The van der Waals surface area contributed by atoms with Crippen LogP contribution in [-0.4, -0.2) is 34.1 Å². The molecule has 9 heteroatoms. The van der Waals surface area contributed by atoms with Crippen LogP contribution in [0.3, 0.4) is 0 Å². The summed E-state index contributed by atoms with van der Waals surface area (Å²) in [4.78, 5) is 11.5. The van der Waals surface area contributed by atoms with Gasteiger partial charge >= 0.3 is 0 Å². The van der Waals surface area contributed by atoms with Gasteiger partial charge in [0.15, 0.2) is 0 Å². The van der Waals surface area contributed by atoms with E-state index in [1.165, 1.54) is 10.7 Å². The summed E-state index contributed by atoms with van der Waals surface area (Å²) >= 11 is 12.2. The fourth-order valence-corrected chi connectivity index (χ4v) is 3.33. The molecule has 0 amide bonds.